The van der Waals surface area contributed by atoms with Gasteiger partial charge < -0.3 is 0 Å². The molecule has 0 aliphatic carbocycles. The van der Waals surface area contributed by atoms with Crippen molar-refractivity contribution in [2.45, 2.75) is 6.54 Å². The Morgan fingerprint density at radius 2 is 2.70 bits per heavy atom. The van der Waals surface area contributed by atoms with E-state index in [1.54, 1.807) is 17.5 Å². The lowest BCUT2D eigenvalue weighted by Gasteiger charge is -1.93. The molecule has 10 heavy (non-hydrogen) atoms. The molecular weight excluding hydrogens is 144 g/mol. The van der Waals surface area contributed by atoms with E-state index in [1.807, 2.05) is 5.38 Å². The molecule has 0 fully saturated rings. The van der Waals surface area contributed by atoms with Crippen LogP contribution < -0.4 is 5.32 Å². The molecule has 2 nitrogen and oxygen atoms in total. The molecule has 0 aliphatic heterocycles. The first kappa shape index (κ1) is 7.26. The van der Waals surface area contributed by atoms with Gasteiger partial charge in [0.1, 0.15) is 5.01 Å². The fourth-order valence-corrected chi connectivity index (χ4v) is 1.17. The zero-order valence-electron chi connectivity index (χ0n) is 5.50. The molecule has 0 amide bonds. The number of hydrogen-bond acceptors (Lipinski definition) is 3. The van der Waals surface area contributed by atoms with Gasteiger partial charge in [-0.1, -0.05) is 5.92 Å². The number of nitrogens with one attached hydrogen (secondary N) is 1. The highest BCUT2D eigenvalue weighted by Crippen LogP contribution is 2.01. The summed E-state index contributed by atoms with van der Waals surface area (Å²) in [6.45, 7) is 1.39. The number of aromatic nitrogens is 1. The molecule has 1 heterocycles. The maximum atomic E-state index is 5.04. The van der Waals surface area contributed by atoms with E-state index >= 15 is 0 Å². The van der Waals surface area contributed by atoms with E-state index in [0.717, 1.165) is 11.6 Å². The van der Waals surface area contributed by atoms with Gasteiger partial charge in [-0.05, 0) is 0 Å². The Labute approximate surface area is 64.3 Å². The zero-order valence-corrected chi connectivity index (χ0v) is 6.32. The Morgan fingerprint density at radius 3 is 3.30 bits per heavy atom. The average Bonchev–Trinajstić information content (AvgIpc) is 2.41. The lowest BCUT2D eigenvalue weighted by molar-refractivity contribution is 0.764. The number of rotatable bonds is 3. The van der Waals surface area contributed by atoms with Crippen molar-refractivity contribution in [3.63, 3.8) is 0 Å². The summed E-state index contributed by atoms with van der Waals surface area (Å²) in [5, 5.41) is 6.08. The van der Waals surface area contributed by atoms with Gasteiger partial charge in [0.2, 0.25) is 0 Å². The van der Waals surface area contributed by atoms with E-state index in [1.165, 1.54) is 0 Å². The van der Waals surface area contributed by atoms with Gasteiger partial charge in [0.15, 0.2) is 0 Å². The summed E-state index contributed by atoms with van der Waals surface area (Å²) >= 11 is 1.63. The van der Waals surface area contributed by atoms with Crippen LogP contribution in [0.3, 0.4) is 0 Å². The molecule has 1 rings (SSSR count). The molecule has 1 aromatic heterocycles. The Bertz CT molecular complexity index is 210. The summed E-state index contributed by atoms with van der Waals surface area (Å²) in [4.78, 5) is 4.08. The first-order valence-corrected chi connectivity index (χ1v) is 3.84. The molecule has 0 saturated heterocycles. The normalized spacial score (nSPS) is 9.10. The number of nitrogens with zero attached hydrogens (tertiary/aromatic N) is 1. The Morgan fingerprint density at radius 1 is 1.80 bits per heavy atom. The largest absolute Gasteiger partial charge is 0.300 e. The fraction of sp³-hybridized carbons (Fsp3) is 0.286. The van der Waals surface area contributed by atoms with Gasteiger partial charge in [-0.25, -0.2) is 4.98 Å². The predicted octanol–water partition coefficient (Wildman–Crippen LogP) is 0.866. The molecule has 1 aromatic rings. The number of hydrogen-bond donors (Lipinski definition) is 1. The standard InChI is InChI=1S/C7H8N2S/c1-2-3-8-6-7-9-4-5-10-7/h1,4-5,8H,3,6H2. The van der Waals surface area contributed by atoms with Crippen molar-refractivity contribution in [2.75, 3.05) is 6.54 Å². The van der Waals surface area contributed by atoms with Gasteiger partial charge >= 0.3 is 0 Å². The second-order valence-corrected chi connectivity index (χ2v) is 2.71. The molecule has 0 saturated carbocycles. The van der Waals surface area contributed by atoms with E-state index in [4.69, 9.17) is 6.42 Å². The molecule has 0 bridgehead atoms. The van der Waals surface area contributed by atoms with Crippen LogP contribution >= 0.6 is 11.3 Å². The molecule has 3 heteroatoms. The first-order chi connectivity index (χ1) is 4.93. The highest BCUT2D eigenvalue weighted by Gasteiger charge is 1.90. The van der Waals surface area contributed by atoms with Crippen LogP contribution in [0.4, 0.5) is 0 Å². The van der Waals surface area contributed by atoms with Crippen molar-refractivity contribution in [1.29, 1.82) is 0 Å². The first-order valence-electron chi connectivity index (χ1n) is 2.96. The van der Waals surface area contributed by atoms with E-state index in [0.29, 0.717) is 6.54 Å². The Balaban J connectivity index is 2.23. The molecule has 0 aromatic carbocycles. The minimum atomic E-state index is 0.611. The second-order valence-electron chi connectivity index (χ2n) is 1.73. The molecule has 0 atom stereocenters. The van der Waals surface area contributed by atoms with Crippen LogP contribution in [0.2, 0.25) is 0 Å². The lowest BCUT2D eigenvalue weighted by atomic mass is 10.6. The maximum Gasteiger partial charge on any atom is 0.106 e. The van der Waals surface area contributed by atoms with Crippen LogP contribution in [0.25, 0.3) is 0 Å². The minimum absolute atomic E-state index is 0.611. The summed E-state index contributed by atoms with van der Waals surface area (Å²) in [5.74, 6) is 2.50. The van der Waals surface area contributed by atoms with Crippen LogP contribution in [-0.4, -0.2) is 11.5 Å². The summed E-state index contributed by atoms with van der Waals surface area (Å²) in [6, 6.07) is 0. The monoisotopic (exact) mass is 152 g/mol. The summed E-state index contributed by atoms with van der Waals surface area (Å²) in [7, 11) is 0. The third-order valence-electron chi connectivity index (χ3n) is 0.987. The molecular formula is C7H8N2S. The molecule has 1 N–H and O–H groups in total. The third-order valence-corrected chi connectivity index (χ3v) is 1.77. The number of thiazole rings is 1. The fourth-order valence-electron chi connectivity index (χ4n) is 0.582. The molecule has 0 aliphatic rings. The van der Waals surface area contributed by atoms with E-state index < -0.39 is 0 Å². The van der Waals surface area contributed by atoms with Crippen molar-refractivity contribution < 1.29 is 0 Å². The average molecular weight is 152 g/mol. The second kappa shape index (κ2) is 4.04. The van der Waals surface area contributed by atoms with Gasteiger partial charge in [0, 0.05) is 18.1 Å². The van der Waals surface area contributed by atoms with Gasteiger partial charge in [-0.2, -0.15) is 0 Å². The van der Waals surface area contributed by atoms with E-state index in [9.17, 15) is 0 Å². The topological polar surface area (TPSA) is 24.9 Å². The zero-order chi connectivity index (χ0) is 7.23. The van der Waals surface area contributed by atoms with Gasteiger partial charge in [-0.3, -0.25) is 5.32 Å². The van der Waals surface area contributed by atoms with Crippen LogP contribution in [0.5, 0.6) is 0 Å². The van der Waals surface area contributed by atoms with Crippen molar-refractivity contribution in [3.8, 4) is 12.3 Å². The van der Waals surface area contributed by atoms with Crippen molar-refractivity contribution in [3.05, 3.63) is 16.6 Å². The van der Waals surface area contributed by atoms with E-state index in [-0.39, 0.29) is 0 Å². The summed E-state index contributed by atoms with van der Waals surface area (Å²) in [6.07, 6.45) is 6.83. The minimum Gasteiger partial charge on any atom is -0.300 e. The number of terminal acetylenes is 1. The Kier molecular flexibility index (Phi) is 2.94. The van der Waals surface area contributed by atoms with Crippen molar-refractivity contribution >= 4 is 11.3 Å². The van der Waals surface area contributed by atoms with Gasteiger partial charge in [0.25, 0.3) is 0 Å². The van der Waals surface area contributed by atoms with Gasteiger partial charge in [-0.15, -0.1) is 17.8 Å². The van der Waals surface area contributed by atoms with Crippen LogP contribution in [0.1, 0.15) is 5.01 Å². The highest BCUT2D eigenvalue weighted by atomic mass is 32.1. The van der Waals surface area contributed by atoms with Crippen molar-refractivity contribution in [2.24, 2.45) is 0 Å². The molecule has 0 spiro atoms. The third kappa shape index (κ3) is 2.18. The van der Waals surface area contributed by atoms with Crippen LogP contribution in [0, 0.1) is 12.3 Å². The van der Waals surface area contributed by atoms with Crippen LogP contribution in [0.15, 0.2) is 11.6 Å². The molecule has 52 valence electrons. The maximum absolute atomic E-state index is 5.04. The van der Waals surface area contributed by atoms with Crippen LogP contribution in [-0.2, 0) is 6.54 Å². The molecule has 0 unspecified atom stereocenters. The lowest BCUT2D eigenvalue weighted by Crippen LogP contribution is -2.12. The predicted molar refractivity (Wildman–Crippen MR) is 42.7 cm³/mol. The molecule has 0 radical (unpaired) electrons. The quantitative estimate of drug-likeness (QED) is 0.513. The van der Waals surface area contributed by atoms with E-state index in [2.05, 4.69) is 16.2 Å². The smallest absolute Gasteiger partial charge is 0.106 e. The highest BCUT2D eigenvalue weighted by molar-refractivity contribution is 7.09. The van der Waals surface area contributed by atoms with Gasteiger partial charge in [0.05, 0.1) is 6.54 Å². The van der Waals surface area contributed by atoms with Crippen molar-refractivity contribution in [1.82, 2.24) is 10.3 Å². The summed E-state index contributed by atoms with van der Waals surface area (Å²) < 4.78 is 0. The summed E-state index contributed by atoms with van der Waals surface area (Å²) in [5.41, 5.74) is 0. The Hall–Kier alpha value is -0.850. The SMILES string of the molecule is C#CCNCc1nccs1.